The smallest absolute Gasteiger partial charge is 0.338 e. The molecule has 2 aromatic heterocycles. The fourth-order valence-electron chi connectivity index (χ4n) is 2.31. The molecule has 6 nitrogen and oxygen atoms in total. The van der Waals surface area contributed by atoms with Crippen molar-refractivity contribution in [3.63, 3.8) is 0 Å². The average molecular weight is 287 g/mol. The van der Waals surface area contributed by atoms with E-state index in [1.165, 1.54) is 10.9 Å². The second kappa shape index (κ2) is 4.30. The summed E-state index contributed by atoms with van der Waals surface area (Å²) in [4.78, 5) is 3.92. The highest BCUT2D eigenvalue weighted by Crippen LogP contribution is 2.44. The summed E-state index contributed by atoms with van der Waals surface area (Å²) in [7, 11) is 1.70. The second-order valence-electron chi connectivity index (χ2n) is 4.83. The number of aromatic nitrogens is 4. The first-order chi connectivity index (χ1) is 9.42. The maximum atomic E-state index is 13.3. The Labute approximate surface area is 112 Å². The van der Waals surface area contributed by atoms with Gasteiger partial charge in [-0.3, -0.25) is 4.68 Å². The second-order valence-corrected chi connectivity index (χ2v) is 4.83. The van der Waals surface area contributed by atoms with E-state index in [2.05, 4.69) is 20.6 Å². The predicted octanol–water partition coefficient (Wildman–Crippen LogP) is 1.26. The highest BCUT2D eigenvalue weighted by atomic mass is 19.4. The Bertz CT molecular complexity index is 612. The molecule has 1 aliphatic rings. The number of nitrogens with one attached hydrogen (secondary N) is 1. The summed E-state index contributed by atoms with van der Waals surface area (Å²) in [5, 5.41) is 10.3. The van der Waals surface area contributed by atoms with Gasteiger partial charge in [0, 0.05) is 19.8 Å². The lowest BCUT2D eigenvalue weighted by atomic mass is 9.86. The fourth-order valence-corrected chi connectivity index (χ4v) is 2.31. The monoisotopic (exact) mass is 287 g/mol. The molecule has 1 fully saturated rings. The van der Waals surface area contributed by atoms with Crippen molar-refractivity contribution in [3.8, 4) is 11.4 Å². The van der Waals surface area contributed by atoms with Crippen molar-refractivity contribution in [2.24, 2.45) is 7.05 Å². The molecule has 0 amide bonds. The number of hydrogen-bond donors (Lipinski definition) is 1. The summed E-state index contributed by atoms with van der Waals surface area (Å²) in [5.41, 5.74) is -1.58. The van der Waals surface area contributed by atoms with Gasteiger partial charge in [-0.05, 0) is 13.0 Å². The Kier molecular flexibility index (Phi) is 2.82. The highest BCUT2D eigenvalue weighted by Gasteiger charge is 2.61. The van der Waals surface area contributed by atoms with Crippen molar-refractivity contribution >= 4 is 0 Å². The molecule has 0 spiro atoms. The number of rotatable bonds is 2. The van der Waals surface area contributed by atoms with E-state index in [4.69, 9.17) is 4.52 Å². The first-order valence-electron chi connectivity index (χ1n) is 6.03. The molecule has 1 atom stereocenters. The molecular weight excluding hydrogens is 275 g/mol. The van der Waals surface area contributed by atoms with Gasteiger partial charge in [0.15, 0.2) is 5.41 Å². The van der Waals surface area contributed by atoms with Crippen molar-refractivity contribution < 1.29 is 17.7 Å². The lowest BCUT2D eigenvalue weighted by molar-refractivity contribution is -0.191. The van der Waals surface area contributed by atoms with Gasteiger partial charge in [-0.1, -0.05) is 5.16 Å². The van der Waals surface area contributed by atoms with Crippen LogP contribution in [0.1, 0.15) is 12.3 Å². The molecule has 0 bridgehead atoms. The lowest BCUT2D eigenvalue weighted by Gasteiger charge is -2.26. The van der Waals surface area contributed by atoms with Crippen LogP contribution in [-0.2, 0) is 12.5 Å². The largest absolute Gasteiger partial charge is 0.404 e. The minimum atomic E-state index is -4.44. The van der Waals surface area contributed by atoms with E-state index in [0.29, 0.717) is 5.56 Å². The molecule has 2 aromatic rings. The Balaban J connectivity index is 2.00. The molecule has 1 N–H and O–H groups in total. The van der Waals surface area contributed by atoms with Gasteiger partial charge in [-0.2, -0.15) is 23.3 Å². The average Bonchev–Trinajstić information content (AvgIpc) is 3.07. The third kappa shape index (κ3) is 1.89. The van der Waals surface area contributed by atoms with Crippen LogP contribution in [0.3, 0.4) is 0 Å². The molecule has 20 heavy (non-hydrogen) atoms. The number of nitrogens with zero attached hydrogens (tertiary/aromatic N) is 4. The third-order valence-corrected chi connectivity index (χ3v) is 3.50. The van der Waals surface area contributed by atoms with Gasteiger partial charge in [-0.15, -0.1) is 0 Å². The summed E-state index contributed by atoms with van der Waals surface area (Å²) in [6.45, 7) is 0.0231. The summed E-state index contributed by atoms with van der Waals surface area (Å²) >= 11 is 0. The van der Waals surface area contributed by atoms with Crippen LogP contribution >= 0.6 is 0 Å². The van der Waals surface area contributed by atoms with Crippen LogP contribution in [-0.4, -0.2) is 39.2 Å². The first-order valence-corrected chi connectivity index (χ1v) is 6.03. The summed E-state index contributed by atoms with van der Waals surface area (Å²) in [6, 6.07) is 0. The third-order valence-electron chi connectivity index (χ3n) is 3.50. The molecule has 0 radical (unpaired) electrons. The number of halogens is 3. The van der Waals surface area contributed by atoms with Gasteiger partial charge in [0.25, 0.3) is 0 Å². The maximum Gasteiger partial charge on any atom is 0.404 e. The van der Waals surface area contributed by atoms with Gasteiger partial charge >= 0.3 is 6.18 Å². The minimum absolute atomic E-state index is 0.106. The molecule has 3 heterocycles. The van der Waals surface area contributed by atoms with Crippen LogP contribution in [0.2, 0.25) is 0 Å². The van der Waals surface area contributed by atoms with E-state index < -0.39 is 17.5 Å². The van der Waals surface area contributed by atoms with Crippen LogP contribution in [0.25, 0.3) is 11.4 Å². The van der Waals surface area contributed by atoms with E-state index in [1.807, 2.05) is 0 Å². The van der Waals surface area contributed by atoms with E-state index >= 15 is 0 Å². The molecule has 0 aromatic carbocycles. The van der Waals surface area contributed by atoms with Crippen molar-refractivity contribution in [2.45, 2.75) is 18.0 Å². The zero-order valence-electron chi connectivity index (χ0n) is 10.6. The quantitative estimate of drug-likeness (QED) is 0.900. The Morgan fingerprint density at radius 3 is 2.80 bits per heavy atom. The van der Waals surface area contributed by atoms with Crippen molar-refractivity contribution in [2.75, 3.05) is 13.1 Å². The number of alkyl halides is 3. The zero-order chi connectivity index (χ0) is 14.4. The Morgan fingerprint density at radius 1 is 1.45 bits per heavy atom. The molecule has 0 saturated carbocycles. The Morgan fingerprint density at radius 2 is 2.25 bits per heavy atom. The number of aryl methyl sites for hydroxylation is 1. The molecule has 1 aliphatic heterocycles. The minimum Gasteiger partial charge on any atom is -0.338 e. The molecule has 108 valence electrons. The van der Waals surface area contributed by atoms with E-state index in [-0.39, 0.29) is 25.3 Å². The van der Waals surface area contributed by atoms with Gasteiger partial charge in [0.1, 0.15) is 0 Å². The molecular formula is C11H12F3N5O. The predicted molar refractivity (Wildman–Crippen MR) is 61.7 cm³/mol. The normalized spacial score (nSPS) is 23.4. The van der Waals surface area contributed by atoms with Crippen LogP contribution < -0.4 is 5.32 Å². The molecule has 9 heteroatoms. The molecule has 0 aliphatic carbocycles. The van der Waals surface area contributed by atoms with Gasteiger partial charge in [0.2, 0.25) is 11.7 Å². The topological polar surface area (TPSA) is 68.8 Å². The first kappa shape index (κ1) is 13.1. The zero-order valence-corrected chi connectivity index (χ0v) is 10.6. The standard InChI is InChI=1S/C11H12F3N5O/c1-19-5-7(4-16-19)8-17-9(20-18-8)10(11(12,13)14)2-3-15-6-10/h4-5,15H,2-3,6H2,1H3. The number of hydrogen-bond acceptors (Lipinski definition) is 5. The lowest BCUT2D eigenvalue weighted by Crippen LogP contribution is -2.44. The van der Waals surface area contributed by atoms with Crippen LogP contribution in [0, 0.1) is 0 Å². The van der Waals surface area contributed by atoms with Crippen molar-refractivity contribution in [3.05, 3.63) is 18.3 Å². The summed E-state index contributed by atoms with van der Waals surface area (Å²) < 4.78 is 46.4. The van der Waals surface area contributed by atoms with Crippen molar-refractivity contribution in [1.29, 1.82) is 0 Å². The van der Waals surface area contributed by atoms with Crippen LogP contribution in [0.4, 0.5) is 13.2 Å². The van der Waals surface area contributed by atoms with Crippen molar-refractivity contribution in [1.82, 2.24) is 25.2 Å². The summed E-state index contributed by atoms with van der Waals surface area (Å²) in [5.74, 6) is -0.280. The van der Waals surface area contributed by atoms with Gasteiger partial charge in [0.05, 0.1) is 11.8 Å². The maximum absolute atomic E-state index is 13.3. The van der Waals surface area contributed by atoms with E-state index in [0.717, 1.165) is 0 Å². The fraction of sp³-hybridized carbons (Fsp3) is 0.545. The van der Waals surface area contributed by atoms with Gasteiger partial charge < -0.3 is 9.84 Å². The molecule has 3 rings (SSSR count). The highest BCUT2D eigenvalue weighted by molar-refractivity contribution is 5.51. The molecule has 1 saturated heterocycles. The Hall–Kier alpha value is -1.90. The van der Waals surface area contributed by atoms with E-state index in [1.54, 1.807) is 13.2 Å². The van der Waals surface area contributed by atoms with E-state index in [9.17, 15) is 13.2 Å². The van der Waals surface area contributed by atoms with Crippen LogP contribution in [0.15, 0.2) is 16.9 Å². The summed E-state index contributed by atoms with van der Waals surface area (Å²) in [6.07, 6.45) is -1.45. The van der Waals surface area contributed by atoms with Crippen LogP contribution in [0.5, 0.6) is 0 Å². The van der Waals surface area contributed by atoms with Gasteiger partial charge in [-0.25, -0.2) is 0 Å². The SMILES string of the molecule is Cn1cc(-c2noc(C3(C(F)(F)F)CCNC3)n2)cn1. The molecule has 1 unspecified atom stereocenters.